The van der Waals surface area contributed by atoms with Gasteiger partial charge < -0.3 is 11.5 Å². The van der Waals surface area contributed by atoms with Crippen molar-refractivity contribution in [3.8, 4) is 0 Å². The maximum atomic E-state index is 14.0. The fourth-order valence-electron chi connectivity index (χ4n) is 2.74. The van der Waals surface area contributed by atoms with Crippen LogP contribution >= 0.6 is 11.8 Å². The van der Waals surface area contributed by atoms with Crippen molar-refractivity contribution in [2.24, 2.45) is 5.73 Å². The summed E-state index contributed by atoms with van der Waals surface area (Å²) in [6.07, 6.45) is 0. The van der Waals surface area contributed by atoms with Crippen LogP contribution in [0.4, 0.5) is 14.5 Å². The Hall–Kier alpha value is -3.19. The minimum atomic E-state index is -0.986. The van der Waals surface area contributed by atoms with Crippen molar-refractivity contribution >= 4 is 29.1 Å². The van der Waals surface area contributed by atoms with Crippen LogP contribution in [0.15, 0.2) is 71.6 Å². The first-order valence-corrected chi connectivity index (χ1v) is 9.15. The summed E-state index contributed by atoms with van der Waals surface area (Å²) in [7, 11) is 0. The Balaban J connectivity index is 2.01. The second-order valence-corrected chi connectivity index (χ2v) is 7.15. The van der Waals surface area contributed by atoms with Crippen molar-refractivity contribution in [1.29, 1.82) is 0 Å². The first kappa shape index (κ1) is 19.6. The summed E-state index contributed by atoms with van der Waals surface area (Å²) >= 11 is 1.20. The molecule has 0 spiro atoms. The zero-order valence-corrected chi connectivity index (χ0v) is 15.4. The Morgan fingerprint density at radius 1 is 0.893 bits per heavy atom. The first-order chi connectivity index (χ1) is 13.4. The molecule has 3 aromatic rings. The number of nitrogens with two attached hydrogens (primary N) is 2. The van der Waals surface area contributed by atoms with Crippen LogP contribution in [0.2, 0.25) is 0 Å². The molecule has 142 valence electrons. The van der Waals surface area contributed by atoms with Gasteiger partial charge in [-0.05, 0) is 35.9 Å². The molecule has 28 heavy (non-hydrogen) atoms. The summed E-state index contributed by atoms with van der Waals surface area (Å²) < 4.78 is 27.1. The molecule has 0 aliphatic carbocycles. The first-order valence-electron chi connectivity index (χ1n) is 8.27. The molecule has 0 radical (unpaired) electrons. The summed E-state index contributed by atoms with van der Waals surface area (Å²) in [4.78, 5) is 25.6. The Morgan fingerprint density at radius 3 is 2.25 bits per heavy atom. The molecule has 0 fully saturated rings. The Bertz CT molecular complexity index is 1040. The topological polar surface area (TPSA) is 86.2 Å². The van der Waals surface area contributed by atoms with Gasteiger partial charge in [0.25, 0.3) is 0 Å². The van der Waals surface area contributed by atoms with Crippen LogP contribution < -0.4 is 11.5 Å². The van der Waals surface area contributed by atoms with Crippen LogP contribution in [0.5, 0.6) is 0 Å². The van der Waals surface area contributed by atoms with E-state index in [1.54, 1.807) is 12.1 Å². The summed E-state index contributed by atoms with van der Waals surface area (Å²) in [5.41, 5.74) is 11.8. The van der Waals surface area contributed by atoms with Crippen molar-refractivity contribution in [3.05, 3.63) is 95.1 Å². The smallest absolute Gasteiger partial charge is 0.235 e. The average molecular weight is 398 g/mol. The largest absolute Gasteiger partial charge is 0.398 e. The van der Waals surface area contributed by atoms with Crippen molar-refractivity contribution in [1.82, 2.24) is 0 Å². The van der Waals surface area contributed by atoms with E-state index in [1.165, 1.54) is 17.8 Å². The molecular formula is C21H16F2N2O2S. The van der Waals surface area contributed by atoms with Gasteiger partial charge in [0.2, 0.25) is 5.91 Å². The monoisotopic (exact) mass is 398 g/mol. The fraction of sp³-hybridized carbons (Fsp3) is 0.0476. The lowest BCUT2D eigenvalue weighted by Gasteiger charge is -2.17. The standard InChI is InChI=1S/C21H16F2N2O2S/c22-12-9-10-14(17(23)11-12)19(26)15-7-4-8-16(18(15)24)20(21(25)27)28-13-5-2-1-3-6-13/h1-11,20H,24H2,(H2,25,27). The van der Waals surface area contributed by atoms with E-state index in [9.17, 15) is 18.4 Å². The number of halogens is 2. The van der Waals surface area contributed by atoms with Crippen molar-refractivity contribution in [2.45, 2.75) is 10.1 Å². The highest BCUT2D eigenvalue weighted by Crippen LogP contribution is 2.38. The second-order valence-electron chi connectivity index (χ2n) is 5.98. The number of hydrogen-bond acceptors (Lipinski definition) is 4. The normalized spacial score (nSPS) is 11.8. The van der Waals surface area contributed by atoms with E-state index in [-0.39, 0.29) is 16.8 Å². The van der Waals surface area contributed by atoms with E-state index in [0.717, 1.165) is 17.0 Å². The van der Waals surface area contributed by atoms with Crippen molar-refractivity contribution in [3.63, 3.8) is 0 Å². The summed E-state index contributed by atoms with van der Waals surface area (Å²) in [5, 5.41) is -0.840. The molecule has 0 saturated heterocycles. The molecule has 4 N–H and O–H groups in total. The van der Waals surface area contributed by atoms with Gasteiger partial charge in [-0.1, -0.05) is 30.3 Å². The van der Waals surface area contributed by atoms with E-state index < -0.39 is 28.6 Å². The number of para-hydroxylation sites is 1. The summed E-state index contributed by atoms with van der Waals surface area (Å²) in [5.74, 6) is -3.10. The minimum Gasteiger partial charge on any atom is -0.398 e. The van der Waals surface area contributed by atoms with Gasteiger partial charge in [0.1, 0.15) is 16.9 Å². The molecule has 7 heteroatoms. The molecule has 3 rings (SSSR count). The van der Waals surface area contributed by atoms with Crippen LogP contribution in [0.1, 0.15) is 26.7 Å². The highest BCUT2D eigenvalue weighted by molar-refractivity contribution is 8.00. The zero-order chi connectivity index (χ0) is 20.3. The predicted octanol–water partition coefficient (Wildman–Crippen LogP) is 4.10. The summed E-state index contributed by atoms with van der Waals surface area (Å²) in [6, 6.07) is 16.4. The second kappa shape index (κ2) is 8.22. The van der Waals surface area contributed by atoms with Gasteiger partial charge in [0.05, 0.1) is 5.56 Å². The molecule has 1 unspecified atom stereocenters. The van der Waals surface area contributed by atoms with Gasteiger partial charge in [0, 0.05) is 22.2 Å². The van der Waals surface area contributed by atoms with E-state index in [4.69, 9.17) is 11.5 Å². The van der Waals surface area contributed by atoms with Gasteiger partial charge in [-0.2, -0.15) is 0 Å². The third-order valence-electron chi connectivity index (χ3n) is 4.10. The number of nitrogen functional groups attached to an aromatic ring is 1. The number of carbonyl (C=O) groups is 2. The molecule has 0 heterocycles. The fourth-order valence-corrected chi connectivity index (χ4v) is 3.77. The molecule has 3 aromatic carbocycles. The lowest BCUT2D eigenvalue weighted by molar-refractivity contribution is -0.117. The van der Waals surface area contributed by atoms with Gasteiger partial charge in [-0.15, -0.1) is 11.8 Å². The average Bonchev–Trinajstić information content (AvgIpc) is 2.67. The number of hydrogen-bond donors (Lipinski definition) is 2. The molecule has 0 saturated carbocycles. The Labute approximate surface area is 164 Å². The highest BCUT2D eigenvalue weighted by Gasteiger charge is 2.25. The number of primary amides is 1. The Kier molecular flexibility index (Phi) is 5.75. The maximum absolute atomic E-state index is 14.0. The van der Waals surface area contributed by atoms with Crippen molar-refractivity contribution < 1.29 is 18.4 Å². The van der Waals surface area contributed by atoms with Crippen LogP contribution in [0.25, 0.3) is 0 Å². The van der Waals surface area contributed by atoms with Gasteiger partial charge >= 0.3 is 0 Å². The molecule has 0 bridgehead atoms. The number of anilines is 1. The van der Waals surface area contributed by atoms with Crippen molar-refractivity contribution in [2.75, 3.05) is 5.73 Å². The lowest BCUT2D eigenvalue weighted by Crippen LogP contribution is -2.21. The molecule has 0 aliphatic heterocycles. The van der Waals surface area contributed by atoms with Crippen LogP contribution in [0, 0.1) is 11.6 Å². The SMILES string of the molecule is NC(=O)C(Sc1ccccc1)c1cccc(C(=O)c2ccc(F)cc2F)c1N. The van der Waals surface area contributed by atoms with E-state index in [2.05, 4.69) is 0 Å². The quantitative estimate of drug-likeness (QED) is 0.372. The molecule has 1 atom stereocenters. The number of benzene rings is 3. The van der Waals surface area contributed by atoms with Crippen LogP contribution in [-0.2, 0) is 4.79 Å². The molecule has 0 aromatic heterocycles. The molecule has 0 aliphatic rings. The third-order valence-corrected chi connectivity index (χ3v) is 5.36. The number of amides is 1. The highest BCUT2D eigenvalue weighted by atomic mass is 32.2. The Morgan fingerprint density at radius 2 is 1.61 bits per heavy atom. The van der Waals surface area contributed by atoms with E-state index >= 15 is 0 Å². The number of carbonyl (C=O) groups excluding carboxylic acids is 2. The van der Waals surface area contributed by atoms with Gasteiger partial charge in [0.15, 0.2) is 5.78 Å². The molecular weight excluding hydrogens is 382 g/mol. The number of thioether (sulfide) groups is 1. The lowest BCUT2D eigenvalue weighted by atomic mass is 9.97. The van der Waals surface area contributed by atoms with E-state index in [1.807, 2.05) is 30.3 Å². The minimum absolute atomic E-state index is 0.0166. The summed E-state index contributed by atoms with van der Waals surface area (Å²) in [6.45, 7) is 0. The maximum Gasteiger partial charge on any atom is 0.235 e. The number of ketones is 1. The van der Waals surface area contributed by atoms with Gasteiger partial charge in [-0.25, -0.2) is 8.78 Å². The van der Waals surface area contributed by atoms with Gasteiger partial charge in [-0.3, -0.25) is 9.59 Å². The zero-order valence-electron chi connectivity index (χ0n) is 14.6. The van der Waals surface area contributed by atoms with Crippen LogP contribution in [0.3, 0.4) is 0 Å². The predicted molar refractivity (Wildman–Crippen MR) is 105 cm³/mol. The molecule has 4 nitrogen and oxygen atoms in total. The number of rotatable bonds is 6. The van der Waals surface area contributed by atoms with Crippen LogP contribution in [-0.4, -0.2) is 11.7 Å². The van der Waals surface area contributed by atoms with E-state index in [0.29, 0.717) is 11.6 Å². The third kappa shape index (κ3) is 4.04. The molecule has 1 amide bonds.